The molecule has 2 aromatic carbocycles. The summed E-state index contributed by atoms with van der Waals surface area (Å²) in [5.41, 5.74) is 10.6. The Bertz CT molecular complexity index is 593. The Hall–Kier alpha value is -1.03. The van der Waals surface area contributed by atoms with E-state index in [1.165, 1.54) is 16.7 Å². The van der Waals surface area contributed by atoms with Gasteiger partial charge in [-0.05, 0) is 53.5 Å². The number of benzene rings is 2. The molecular weight excluding hydrogens is 336 g/mol. The van der Waals surface area contributed by atoms with Crippen molar-refractivity contribution >= 4 is 33.2 Å². The minimum Gasteiger partial charge on any atom is -0.377 e. The van der Waals surface area contributed by atoms with E-state index in [2.05, 4.69) is 53.3 Å². The molecule has 3 N–H and O–H groups in total. The van der Waals surface area contributed by atoms with Gasteiger partial charge < -0.3 is 11.1 Å². The quantitative estimate of drug-likeness (QED) is 0.826. The summed E-state index contributed by atoms with van der Waals surface area (Å²) in [4.78, 5) is 0. The summed E-state index contributed by atoms with van der Waals surface area (Å²) in [6.45, 7) is 4.72. The molecule has 0 aromatic heterocycles. The third kappa shape index (κ3) is 3.75. The van der Waals surface area contributed by atoms with Crippen molar-refractivity contribution < 1.29 is 0 Å². The zero-order valence-electron chi connectivity index (χ0n) is 11.6. The number of anilines is 1. The summed E-state index contributed by atoms with van der Waals surface area (Å²) in [6, 6.07) is 12.4. The normalized spacial score (nSPS) is 12.2. The number of rotatable bonds is 4. The molecule has 0 saturated heterocycles. The summed E-state index contributed by atoms with van der Waals surface area (Å²) in [7, 11) is 0. The molecule has 2 rings (SSSR count). The maximum Gasteiger partial charge on any atom is 0.0636 e. The van der Waals surface area contributed by atoms with Crippen LogP contribution in [0.1, 0.15) is 22.7 Å². The molecule has 0 heterocycles. The molecule has 0 fully saturated rings. The van der Waals surface area contributed by atoms with Gasteiger partial charge in [0.05, 0.1) is 11.1 Å². The zero-order valence-corrected chi connectivity index (χ0v) is 13.9. The molecule has 4 heteroatoms. The highest BCUT2D eigenvalue weighted by atomic mass is 79.9. The van der Waals surface area contributed by atoms with Gasteiger partial charge in [0, 0.05) is 16.7 Å². The van der Waals surface area contributed by atoms with Gasteiger partial charge in [-0.15, -0.1) is 0 Å². The van der Waals surface area contributed by atoms with Crippen LogP contribution >= 0.6 is 27.5 Å². The Labute approximate surface area is 133 Å². The molecule has 1 unspecified atom stereocenters. The lowest BCUT2D eigenvalue weighted by molar-refractivity contribution is 0.788. The maximum absolute atomic E-state index is 6.12. The van der Waals surface area contributed by atoms with Crippen LogP contribution in [0.3, 0.4) is 0 Å². The van der Waals surface area contributed by atoms with E-state index in [1.807, 2.05) is 18.2 Å². The predicted molar refractivity (Wildman–Crippen MR) is 90.5 cm³/mol. The van der Waals surface area contributed by atoms with E-state index >= 15 is 0 Å². The first-order chi connectivity index (χ1) is 9.49. The van der Waals surface area contributed by atoms with Crippen LogP contribution in [0, 0.1) is 13.8 Å². The monoisotopic (exact) mass is 352 g/mol. The molecule has 106 valence electrons. The molecule has 20 heavy (non-hydrogen) atoms. The number of hydrogen-bond donors (Lipinski definition) is 2. The van der Waals surface area contributed by atoms with Gasteiger partial charge >= 0.3 is 0 Å². The second kappa shape index (κ2) is 6.61. The van der Waals surface area contributed by atoms with Gasteiger partial charge in [-0.2, -0.15) is 0 Å². The van der Waals surface area contributed by atoms with Crippen LogP contribution in [0.2, 0.25) is 5.02 Å². The average Bonchev–Trinajstić information content (AvgIpc) is 2.38. The van der Waals surface area contributed by atoms with Gasteiger partial charge in [0.1, 0.15) is 0 Å². The maximum atomic E-state index is 6.12. The first-order valence-electron chi connectivity index (χ1n) is 6.49. The Morgan fingerprint density at radius 3 is 2.35 bits per heavy atom. The molecule has 0 aliphatic heterocycles. The SMILES string of the molecule is Cc1cc(C)cc(C(CN)Nc2ccc(Br)c(Cl)c2)c1. The summed E-state index contributed by atoms with van der Waals surface area (Å²) in [5, 5.41) is 4.12. The van der Waals surface area contributed by atoms with Gasteiger partial charge in [-0.25, -0.2) is 0 Å². The lowest BCUT2D eigenvalue weighted by atomic mass is 10.0. The van der Waals surface area contributed by atoms with Crippen molar-refractivity contribution in [1.29, 1.82) is 0 Å². The molecule has 0 radical (unpaired) electrons. The standard InChI is InChI=1S/C16H18BrClN2/c1-10-5-11(2)7-12(6-10)16(9-19)20-13-3-4-14(17)15(18)8-13/h3-8,16,20H,9,19H2,1-2H3. The third-order valence-corrected chi connectivity index (χ3v) is 4.38. The van der Waals surface area contributed by atoms with Crippen molar-refractivity contribution in [3.63, 3.8) is 0 Å². The molecular formula is C16H18BrClN2. The predicted octanol–water partition coefficient (Wildman–Crippen LogP) is 4.83. The van der Waals surface area contributed by atoms with Crippen LogP contribution in [-0.2, 0) is 0 Å². The fourth-order valence-electron chi connectivity index (χ4n) is 2.28. The average molecular weight is 354 g/mol. The number of nitrogens with one attached hydrogen (secondary N) is 1. The highest BCUT2D eigenvalue weighted by Crippen LogP contribution is 2.28. The molecule has 0 aliphatic rings. The van der Waals surface area contributed by atoms with Gasteiger partial charge in [0.2, 0.25) is 0 Å². The largest absolute Gasteiger partial charge is 0.377 e. The van der Waals surface area contributed by atoms with Gasteiger partial charge in [0.25, 0.3) is 0 Å². The first kappa shape index (κ1) is 15.4. The van der Waals surface area contributed by atoms with Crippen molar-refractivity contribution in [1.82, 2.24) is 0 Å². The lowest BCUT2D eigenvalue weighted by Crippen LogP contribution is -2.20. The van der Waals surface area contributed by atoms with E-state index < -0.39 is 0 Å². The molecule has 0 bridgehead atoms. The summed E-state index contributed by atoms with van der Waals surface area (Å²) < 4.78 is 0.889. The van der Waals surface area contributed by atoms with Crippen LogP contribution in [0.4, 0.5) is 5.69 Å². The van der Waals surface area contributed by atoms with Gasteiger partial charge in [-0.3, -0.25) is 0 Å². The van der Waals surface area contributed by atoms with E-state index in [1.54, 1.807) is 0 Å². The fraction of sp³-hybridized carbons (Fsp3) is 0.250. The van der Waals surface area contributed by atoms with E-state index in [0.717, 1.165) is 10.2 Å². The van der Waals surface area contributed by atoms with E-state index in [4.69, 9.17) is 17.3 Å². The second-order valence-corrected chi connectivity index (χ2v) is 6.24. The Balaban J connectivity index is 2.26. The summed E-state index contributed by atoms with van der Waals surface area (Å²) >= 11 is 9.51. The number of nitrogens with two attached hydrogens (primary N) is 1. The summed E-state index contributed by atoms with van der Waals surface area (Å²) in [6.07, 6.45) is 0. The molecule has 0 spiro atoms. The van der Waals surface area contributed by atoms with Crippen LogP contribution < -0.4 is 11.1 Å². The van der Waals surface area contributed by atoms with Crippen molar-refractivity contribution in [2.75, 3.05) is 11.9 Å². The molecule has 0 amide bonds. The van der Waals surface area contributed by atoms with Crippen molar-refractivity contribution in [2.45, 2.75) is 19.9 Å². The van der Waals surface area contributed by atoms with Gasteiger partial charge in [-0.1, -0.05) is 40.9 Å². The molecule has 1 atom stereocenters. The minimum absolute atomic E-state index is 0.0749. The Morgan fingerprint density at radius 1 is 1.15 bits per heavy atom. The van der Waals surface area contributed by atoms with E-state index in [-0.39, 0.29) is 6.04 Å². The highest BCUT2D eigenvalue weighted by molar-refractivity contribution is 9.10. The topological polar surface area (TPSA) is 38.0 Å². The van der Waals surface area contributed by atoms with Crippen molar-refractivity contribution in [3.05, 3.63) is 62.6 Å². The third-order valence-electron chi connectivity index (χ3n) is 3.14. The van der Waals surface area contributed by atoms with E-state index in [9.17, 15) is 0 Å². The number of halogens is 2. The highest BCUT2D eigenvalue weighted by Gasteiger charge is 2.11. The Kier molecular flexibility index (Phi) is 5.08. The van der Waals surface area contributed by atoms with Crippen LogP contribution in [0.5, 0.6) is 0 Å². The number of aryl methyl sites for hydroxylation is 2. The van der Waals surface area contributed by atoms with Crippen LogP contribution in [0.15, 0.2) is 40.9 Å². The minimum atomic E-state index is 0.0749. The molecule has 2 aromatic rings. The zero-order chi connectivity index (χ0) is 14.7. The first-order valence-corrected chi connectivity index (χ1v) is 7.66. The van der Waals surface area contributed by atoms with Crippen LogP contribution in [0.25, 0.3) is 0 Å². The summed E-state index contributed by atoms with van der Waals surface area (Å²) in [5.74, 6) is 0. The number of hydrogen-bond acceptors (Lipinski definition) is 2. The second-order valence-electron chi connectivity index (χ2n) is 4.98. The van der Waals surface area contributed by atoms with Crippen molar-refractivity contribution in [3.8, 4) is 0 Å². The lowest BCUT2D eigenvalue weighted by Gasteiger charge is -2.20. The van der Waals surface area contributed by atoms with Gasteiger partial charge in [0.15, 0.2) is 0 Å². The molecule has 0 aliphatic carbocycles. The van der Waals surface area contributed by atoms with Crippen LogP contribution in [-0.4, -0.2) is 6.54 Å². The van der Waals surface area contributed by atoms with E-state index in [0.29, 0.717) is 11.6 Å². The Morgan fingerprint density at radius 2 is 1.80 bits per heavy atom. The fourth-order valence-corrected chi connectivity index (χ4v) is 2.70. The smallest absolute Gasteiger partial charge is 0.0636 e. The van der Waals surface area contributed by atoms with Crippen molar-refractivity contribution in [2.24, 2.45) is 5.73 Å². The molecule has 0 saturated carbocycles. The molecule has 2 nitrogen and oxygen atoms in total.